The number of ketones is 1. The Bertz CT molecular complexity index is 274. The monoisotopic (exact) mass is 192 g/mol. The molecular weight excluding hydrogens is 176 g/mol. The summed E-state index contributed by atoms with van der Waals surface area (Å²) in [5.74, 6) is 0.0743. The largest absolute Gasteiger partial charge is 0.389 e. The van der Waals surface area contributed by atoms with Gasteiger partial charge >= 0.3 is 0 Å². The molecule has 0 saturated carbocycles. The lowest BCUT2D eigenvalue weighted by atomic mass is 9.96. The highest BCUT2D eigenvalue weighted by Gasteiger charge is 2.14. The van der Waals surface area contributed by atoms with Gasteiger partial charge in [0.05, 0.1) is 6.10 Å². The average Bonchev–Trinajstić information content (AvgIpc) is 2.18. The molecular formula is C12H16O2. The molecule has 1 unspecified atom stereocenters. The van der Waals surface area contributed by atoms with E-state index in [1.54, 1.807) is 12.2 Å². The first kappa shape index (κ1) is 10.9. The van der Waals surface area contributed by atoms with Crippen LogP contribution < -0.4 is 0 Å². The van der Waals surface area contributed by atoms with Crippen LogP contribution in [0, 0.1) is 0 Å². The van der Waals surface area contributed by atoms with Crippen molar-refractivity contribution < 1.29 is 9.90 Å². The molecule has 0 aromatic carbocycles. The molecule has 0 radical (unpaired) electrons. The van der Waals surface area contributed by atoms with Gasteiger partial charge in [-0.1, -0.05) is 18.2 Å². The Morgan fingerprint density at radius 3 is 3.07 bits per heavy atom. The fourth-order valence-electron chi connectivity index (χ4n) is 1.47. The van der Waals surface area contributed by atoms with Crippen LogP contribution in [0.15, 0.2) is 36.5 Å². The lowest BCUT2D eigenvalue weighted by Crippen LogP contribution is -2.14. The summed E-state index contributed by atoms with van der Waals surface area (Å²) < 4.78 is 0. The number of aliphatic hydroxyl groups is 1. The van der Waals surface area contributed by atoms with Crippen LogP contribution in [0.1, 0.15) is 25.7 Å². The van der Waals surface area contributed by atoms with Gasteiger partial charge in [-0.05, 0) is 30.9 Å². The second-order valence-corrected chi connectivity index (χ2v) is 3.48. The topological polar surface area (TPSA) is 37.3 Å². The summed E-state index contributed by atoms with van der Waals surface area (Å²) >= 11 is 0. The molecule has 2 heteroatoms. The molecule has 0 bridgehead atoms. The maximum absolute atomic E-state index is 11.1. The van der Waals surface area contributed by atoms with Gasteiger partial charge in [0, 0.05) is 6.42 Å². The van der Waals surface area contributed by atoms with E-state index in [-0.39, 0.29) is 5.78 Å². The molecule has 0 heterocycles. The first-order valence-corrected chi connectivity index (χ1v) is 4.93. The Morgan fingerprint density at radius 1 is 1.64 bits per heavy atom. The Morgan fingerprint density at radius 2 is 2.43 bits per heavy atom. The minimum Gasteiger partial charge on any atom is -0.389 e. The van der Waals surface area contributed by atoms with Crippen LogP contribution in [0.2, 0.25) is 0 Å². The van der Waals surface area contributed by atoms with Crippen molar-refractivity contribution in [3.8, 4) is 0 Å². The summed E-state index contributed by atoms with van der Waals surface area (Å²) in [5, 5.41) is 9.73. The molecule has 76 valence electrons. The van der Waals surface area contributed by atoms with Crippen LogP contribution in [0.25, 0.3) is 0 Å². The van der Waals surface area contributed by atoms with E-state index in [0.29, 0.717) is 12.8 Å². The summed E-state index contributed by atoms with van der Waals surface area (Å²) in [6.07, 6.45) is 9.35. The Kier molecular flexibility index (Phi) is 4.33. The molecule has 1 N–H and O–H groups in total. The minimum absolute atomic E-state index is 0.0743. The first-order valence-electron chi connectivity index (χ1n) is 4.93. The smallest absolute Gasteiger partial charge is 0.159 e. The highest BCUT2D eigenvalue weighted by Crippen LogP contribution is 2.17. The molecule has 1 aliphatic carbocycles. The maximum Gasteiger partial charge on any atom is 0.159 e. The fourth-order valence-corrected chi connectivity index (χ4v) is 1.47. The van der Waals surface area contributed by atoms with Crippen LogP contribution in [0.5, 0.6) is 0 Å². The zero-order valence-electron chi connectivity index (χ0n) is 8.28. The molecule has 0 amide bonds. The second kappa shape index (κ2) is 5.55. The summed E-state index contributed by atoms with van der Waals surface area (Å²) in [4.78, 5) is 11.1. The van der Waals surface area contributed by atoms with Crippen LogP contribution in [-0.2, 0) is 4.79 Å². The number of hydrogen-bond donors (Lipinski definition) is 1. The van der Waals surface area contributed by atoms with E-state index in [0.717, 1.165) is 18.4 Å². The standard InChI is InChI=1S/C12H16O2/c1-2-3-4-8-12(14)10-6-5-7-11(13)9-10/h2,5-7,12,14H,1,3-4,8-9H2. The number of unbranched alkanes of at least 4 members (excludes halogenated alkanes) is 1. The highest BCUT2D eigenvalue weighted by molar-refractivity contribution is 5.93. The van der Waals surface area contributed by atoms with Gasteiger partial charge in [0.2, 0.25) is 0 Å². The number of hydrogen-bond acceptors (Lipinski definition) is 2. The van der Waals surface area contributed by atoms with Crippen molar-refractivity contribution in [2.45, 2.75) is 31.8 Å². The Hall–Kier alpha value is -1.15. The third-order valence-electron chi connectivity index (χ3n) is 2.28. The Labute approximate surface area is 84.6 Å². The van der Waals surface area contributed by atoms with Crippen LogP contribution >= 0.6 is 0 Å². The van der Waals surface area contributed by atoms with Gasteiger partial charge in [0.15, 0.2) is 5.78 Å². The van der Waals surface area contributed by atoms with E-state index in [4.69, 9.17) is 0 Å². The molecule has 0 spiro atoms. The first-order chi connectivity index (χ1) is 6.74. The van der Waals surface area contributed by atoms with Gasteiger partial charge in [-0.15, -0.1) is 6.58 Å². The quantitative estimate of drug-likeness (QED) is 0.535. The molecule has 2 nitrogen and oxygen atoms in total. The summed E-state index contributed by atoms with van der Waals surface area (Å²) in [5.41, 5.74) is 0.835. The maximum atomic E-state index is 11.1. The van der Waals surface area contributed by atoms with Gasteiger partial charge in [-0.3, -0.25) is 4.79 Å². The van der Waals surface area contributed by atoms with Gasteiger partial charge in [-0.2, -0.15) is 0 Å². The average molecular weight is 192 g/mol. The zero-order valence-corrected chi connectivity index (χ0v) is 8.28. The minimum atomic E-state index is -0.469. The van der Waals surface area contributed by atoms with Crippen molar-refractivity contribution in [3.05, 3.63) is 36.5 Å². The van der Waals surface area contributed by atoms with Crippen LogP contribution in [-0.4, -0.2) is 17.0 Å². The molecule has 1 rings (SSSR count). The van der Waals surface area contributed by atoms with Crippen molar-refractivity contribution in [1.29, 1.82) is 0 Å². The SMILES string of the molecule is C=CCCCC(O)C1=CC=CC(=O)C1. The van der Waals surface area contributed by atoms with Gasteiger partial charge < -0.3 is 5.11 Å². The molecule has 0 fully saturated rings. The molecule has 0 aromatic rings. The molecule has 1 aliphatic rings. The van der Waals surface area contributed by atoms with Crippen molar-refractivity contribution in [1.82, 2.24) is 0 Å². The van der Waals surface area contributed by atoms with Crippen molar-refractivity contribution in [3.63, 3.8) is 0 Å². The predicted molar refractivity (Wildman–Crippen MR) is 56.9 cm³/mol. The second-order valence-electron chi connectivity index (χ2n) is 3.48. The fraction of sp³-hybridized carbons (Fsp3) is 0.417. The van der Waals surface area contributed by atoms with E-state index in [1.807, 2.05) is 12.2 Å². The molecule has 0 aromatic heterocycles. The van der Waals surface area contributed by atoms with E-state index >= 15 is 0 Å². The lowest BCUT2D eigenvalue weighted by molar-refractivity contribution is -0.114. The molecule has 14 heavy (non-hydrogen) atoms. The molecule has 0 saturated heterocycles. The van der Waals surface area contributed by atoms with E-state index in [1.165, 1.54) is 0 Å². The number of aliphatic hydroxyl groups excluding tert-OH is 1. The number of carbonyl (C=O) groups excluding carboxylic acids is 1. The van der Waals surface area contributed by atoms with E-state index in [2.05, 4.69) is 6.58 Å². The van der Waals surface area contributed by atoms with Gasteiger partial charge in [-0.25, -0.2) is 0 Å². The van der Waals surface area contributed by atoms with Crippen molar-refractivity contribution in [2.75, 3.05) is 0 Å². The normalized spacial score (nSPS) is 17.8. The van der Waals surface area contributed by atoms with Crippen molar-refractivity contribution in [2.24, 2.45) is 0 Å². The van der Waals surface area contributed by atoms with E-state index in [9.17, 15) is 9.90 Å². The molecule has 1 atom stereocenters. The number of rotatable bonds is 5. The van der Waals surface area contributed by atoms with E-state index < -0.39 is 6.10 Å². The van der Waals surface area contributed by atoms with Crippen LogP contribution in [0.4, 0.5) is 0 Å². The predicted octanol–water partition coefficient (Wildman–Crippen LogP) is 2.16. The lowest BCUT2D eigenvalue weighted by Gasteiger charge is -2.14. The van der Waals surface area contributed by atoms with Gasteiger partial charge in [0.1, 0.15) is 0 Å². The molecule has 0 aliphatic heterocycles. The Balaban J connectivity index is 2.40. The third kappa shape index (κ3) is 3.30. The zero-order chi connectivity index (χ0) is 10.4. The van der Waals surface area contributed by atoms with Crippen LogP contribution in [0.3, 0.4) is 0 Å². The third-order valence-corrected chi connectivity index (χ3v) is 2.28. The summed E-state index contributed by atoms with van der Waals surface area (Å²) in [6.45, 7) is 3.62. The number of carbonyl (C=O) groups is 1. The number of allylic oxidation sites excluding steroid dienone is 4. The summed E-state index contributed by atoms with van der Waals surface area (Å²) in [6, 6.07) is 0. The van der Waals surface area contributed by atoms with Crippen molar-refractivity contribution >= 4 is 5.78 Å². The highest BCUT2D eigenvalue weighted by atomic mass is 16.3. The summed E-state index contributed by atoms with van der Waals surface area (Å²) in [7, 11) is 0. The van der Waals surface area contributed by atoms with Gasteiger partial charge in [0.25, 0.3) is 0 Å².